The minimum Gasteiger partial charge on any atom is -0.399 e. The van der Waals surface area contributed by atoms with Gasteiger partial charge in [0.2, 0.25) is 0 Å². The van der Waals surface area contributed by atoms with Crippen LogP contribution in [-0.2, 0) is 0 Å². The molecule has 0 bridgehead atoms. The zero-order chi connectivity index (χ0) is 14.8. The second-order valence-corrected chi connectivity index (χ2v) is 5.38. The van der Waals surface area contributed by atoms with Crippen LogP contribution < -0.4 is 5.73 Å². The van der Waals surface area contributed by atoms with E-state index in [4.69, 9.17) is 11.0 Å². The van der Waals surface area contributed by atoms with Crippen LogP contribution in [0.3, 0.4) is 0 Å². The van der Waals surface area contributed by atoms with Crippen molar-refractivity contribution in [2.75, 3.05) is 5.73 Å². The van der Waals surface area contributed by atoms with Crippen LogP contribution >= 0.6 is 15.9 Å². The molecule has 0 aliphatic heterocycles. The van der Waals surface area contributed by atoms with Gasteiger partial charge in [-0.15, -0.1) is 0 Å². The fraction of sp³-hybridized carbons (Fsp3) is 0. The Balaban J connectivity index is 2.11. The van der Waals surface area contributed by atoms with E-state index < -0.39 is 0 Å². The molecule has 5 heteroatoms. The van der Waals surface area contributed by atoms with Crippen molar-refractivity contribution < 1.29 is 0 Å². The molecule has 2 aromatic carbocycles. The maximum absolute atomic E-state index is 8.99. The Bertz CT molecular complexity index is 845. The number of benzene rings is 2. The molecule has 0 atom stereocenters. The van der Waals surface area contributed by atoms with Gasteiger partial charge in [0.25, 0.3) is 0 Å². The predicted octanol–water partition coefficient (Wildman–Crippen LogP) is 3.76. The normalized spacial score (nSPS) is 10.3. The number of aromatic nitrogens is 2. The molecule has 2 N–H and O–H groups in total. The van der Waals surface area contributed by atoms with E-state index in [9.17, 15) is 0 Å². The first-order chi connectivity index (χ1) is 10.2. The van der Waals surface area contributed by atoms with Gasteiger partial charge in [-0.3, -0.25) is 4.57 Å². The molecule has 3 aromatic rings. The smallest absolute Gasteiger partial charge is 0.144 e. The number of nitrogens with zero attached hydrogens (tertiary/aromatic N) is 3. The molecule has 0 saturated heterocycles. The van der Waals surface area contributed by atoms with Gasteiger partial charge in [0, 0.05) is 33.8 Å². The van der Waals surface area contributed by atoms with Gasteiger partial charge in [-0.05, 0) is 46.3 Å². The van der Waals surface area contributed by atoms with Gasteiger partial charge < -0.3 is 5.73 Å². The number of rotatable bonds is 2. The van der Waals surface area contributed by atoms with Crippen LogP contribution in [0.2, 0.25) is 0 Å². The molecule has 4 nitrogen and oxygen atoms in total. The number of nitrogens with two attached hydrogens (primary N) is 1. The third kappa shape index (κ3) is 2.54. The summed E-state index contributed by atoms with van der Waals surface area (Å²) in [5, 5.41) is 8.99. The lowest BCUT2D eigenvalue weighted by Crippen LogP contribution is -1.97. The summed E-state index contributed by atoms with van der Waals surface area (Å²) in [5.41, 5.74) is 9.00. The van der Waals surface area contributed by atoms with Crippen LogP contribution in [-0.4, -0.2) is 9.55 Å². The lowest BCUT2D eigenvalue weighted by Gasteiger charge is -2.09. The third-order valence-electron chi connectivity index (χ3n) is 3.14. The highest BCUT2D eigenvalue weighted by Crippen LogP contribution is 2.26. The van der Waals surface area contributed by atoms with Crippen molar-refractivity contribution in [1.82, 2.24) is 9.55 Å². The predicted molar refractivity (Wildman–Crippen MR) is 85.8 cm³/mol. The van der Waals surface area contributed by atoms with E-state index >= 15 is 0 Å². The highest BCUT2D eigenvalue weighted by atomic mass is 79.9. The van der Waals surface area contributed by atoms with E-state index in [1.54, 1.807) is 12.3 Å². The summed E-state index contributed by atoms with van der Waals surface area (Å²) in [7, 11) is 0. The zero-order valence-corrected chi connectivity index (χ0v) is 12.6. The highest BCUT2D eigenvalue weighted by Gasteiger charge is 2.09. The lowest BCUT2D eigenvalue weighted by molar-refractivity contribution is 1.06. The monoisotopic (exact) mass is 338 g/mol. The molecule has 0 radical (unpaired) electrons. The maximum atomic E-state index is 8.99. The van der Waals surface area contributed by atoms with Crippen LogP contribution in [0.4, 0.5) is 5.69 Å². The molecule has 0 fully saturated rings. The van der Waals surface area contributed by atoms with Crippen LogP contribution in [0.25, 0.3) is 17.1 Å². The molecule has 0 unspecified atom stereocenters. The quantitative estimate of drug-likeness (QED) is 0.723. The van der Waals surface area contributed by atoms with E-state index in [1.165, 1.54) is 0 Å². The van der Waals surface area contributed by atoms with Crippen molar-refractivity contribution in [3.8, 4) is 23.1 Å². The van der Waals surface area contributed by atoms with Gasteiger partial charge in [-0.2, -0.15) is 5.26 Å². The van der Waals surface area contributed by atoms with E-state index in [0.29, 0.717) is 11.3 Å². The molecule has 0 aliphatic carbocycles. The molecule has 0 aliphatic rings. The molecule has 21 heavy (non-hydrogen) atoms. The lowest BCUT2D eigenvalue weighted by atomic mass is 10.1. The number of halogens is 1. The SMILES string of the molecule is N#Cc1ccc(-n2ccnc2-c2cccc(N)c2)cc1Br. The summed E-state index contributed by atoms with van der Waals surface area (Å²) in [5.74, 6) is 0.805. The summed E-state index contributed by atoms with van der Waals surface area (Å²) >= 11 is 3.41. The average molecular weight is 339 g/mol. The number of nitriles is 1. The fourth-order valence-corrected chi connectivity index (χ4v) is 2.60. The Morgan fingerprint density at radius 2 is 2.05 bits per heavy atom. The Labute approximate surface area is 130 Å². The first-order valence-corrected chi connectivity index (χ1v) is 7.07. The summed E-state index contributed by atoms with van der Waals surface area (Å²) in [6.07, 6.45) is 3.62. The Morgan fingerprint density at radius 3 is 2.76 bits per heavy atom. The Hall–Kier alpha value is -2.58. The first-order valence-electron chi connectivity index (χ1n) is 6.28. The van der Waals surface area contributed by atoms with E-state index in [1.807, 2.05) is 47.2 Å². The zero-order valence-electron chi connectivity index (χ0n) is 11.0. The minimum absolute atomic E-state index is 0.601. The van der Waals surface area contributed by atoms with Gasteiger partial charge in [0.05, 0.1) is 5.56 Å². The van der Waals surface area contributed by atoms with E-state index in [0.717, 1.165) is 21.5 Å². The van der Waals surface area contributed by atoms with Crippen molar-refractivity contribution in [2.24, 2.45) is 0 Å². The van der Waals surface area contributed by atoms with Crippen LogP contribution in [0.15, 0.2) is 59.3 Å². The number of hydrogen-bond acceptors (Lipinski definition) is 3. The minimum atomic E-state index is 0.601. The molecule has 1 heterocycles. The van der Waals surface area contributed by atoms with Crippen molar-refractivity contribution in [3.63, 3.8) is 0 Å². The molecule has 0 amide bonds. The average Bonchev–Trinajstić information content (AvgIpc) is 2.96. The first kappa shape index (κ1) is 13.4. The number of imidazole rings is 1. The molecular weight excluding hydrogens is 328 g/mol. The van der Waals surface area contributed by atoms with Gasteiger partial charge >= 0.3 is 0 Å². The van der Waals surface area contributed by atoms with Crippen molar-refractivity contribution in [2.45, 2.75) is 0 Å². The topological polar surface area (TPSA) is 67.6 Å². The van der Waals surface area contributed by atoms with E-state index in [-0.39, 0.29) is 0 Å². The molecule has 102 valence electrons. The van der Waals surface area contributed by atoms with Gasteiger partial charge in [-0.25, -0.2) is 4.98 Å². The van der Waals surface area contributed by atoms with Gasteiger partial charge in [0.15, 0.2) is 0 Å². The molecular formula is C16H11BrN4. The van der Waals surface area contributed by atoms with Crippen LogP contribution in [0, 0.1) is 11.3 Å². The molecule has 0 spiro atoms. The second-order valence-electron chi connectivity index (χ2n) is 4.52. The summed E-state index contributed by atoms with van der Waals surface area (Å²) < 4.78 is 2.72. The largest absolute Gasteiger partial charge is 0.399 e. The standard InChI is InChI=1S/C16H11BrN4/c17-15-9-14(5-4-12(15)10-18)21-7-6-20-16(21)11-2-1-3-13(19)8-11/h1-9H,19H2. The summed E-state index contributed by atoms with van der Waals surface area (Å²) in [6, 6.07) is 15.3. The van der Waals surface area contributed by atoms with Crippen LogP contribution in [0.5, 0.6) is 0 Å². The number of hydrogen-bond donors (Lipinski definition) is 1. The fourth-order valence-electron chi connectivity index (χ4n) is 2.15. The van der Waals surface area contributed by atoms with Crippen molar-refractivity contribution >= 4 is 21.6 Å². The Kier molecular flexibility index (Phi) is 3.46. The third-order valence-corrected chi connectivity index (χ3v) is 3.79. The molecule has 0 saturated carbocycles. The highest BCUT2D eigenvalue weighted by molar-refractivity contribution is 9.10. The Morgan fingerprint density at radius 1 is 1.19 bits per heavy atom. The number of nitrogen functional groups attached to an aromatic ring is 1. The van der Waals surface area contributed by atoms with Crippen LogP contribution in [0.1, 0.15) is 5.56 Å². The van der Waals surface area contributed by atoms with E-state index in [2.05, 4.69) is 27.0 Å². The molecule has 1 aromatic heterocycles. The second kappa shape index (κ2) is 5.43. The number of anilines is 1. The molecule has 3 rings (SSSR count). The van der Waals surface area contributed by atoms with Gasteiger partial charge in [0.1, 0.15) is 11.9 Å². The van der Waals surface area contributed by atoms with Crippen molar-refractivity contribution in [3.05, 3.63) is 64.9 Å². The van der Waals surface area contributed by atoms with Gasteiger partial charge in [-0.1, -0.05) is 12.1 Å². The summed E-state index contributed by atoms with van der Waals surface area (Å²) in [4.78, 5) is 4.40. The maximum Gasteiger partial charge on any atom is 0.144 e. The van der Waals surface area contributed by atoms with Crippen molar-refractivity contribution in [1.29, 1.82) is 5.26 Å². The summed E-state index contributed by atoms with van der Waals surface area (Å²) in [6.45, 7) is 0.